The molecule has 4 heterocycles. The van der Waals surface area contributed by atoms with Gasteiger partial charge in [-0.2, -0.15) is 9.61 Å². The second-order valence-electron chi connectivity index (χ2n) is 9.81. The van der Waals surface area contributed by atoms with Crippen molar-refractivity contribution in [3.05, 3.63) is 57.5 Å². The number of rotatable bonds is 5. The summed E-state index contributed by atoms with van der Waals surface area (Å²) in [5.41, 5.74) is 0.981. The van der Waals surface area contributed by atoms with Gasteiger partial charge in [0.2, 0.25) is 5.91 Å². The zero-order valence-corrected chi connectivity index (χ0v) is 18.8. The Kier molecular flexibility index (Phi) is 4.84. The van der Waals surface area contributed by atoms with Crippen LogP contribution in [0, 0.1) is 11.7 Å². The van der Waals surface area contributed by atoms with Crippen molar-refractivity contribution in [2.75, 3.05) is 11.9 Å². The van der Waals surface area contributed by atoms with E-state index in [9.17, 15) is 18.8 Å². The lowest BCUT2D eigenvalue weighted by Gasteiger charge is -2.16. The molecular weight excluding hydrogens is 427 g/mol. The number of carbonyl (C=O) groups excluding carboxylic acids is 2. The molecule has 1 aliphatic heterocycles. The van der Waals surface area contributed by atoms with Gasteiger partial charge in [-0.1, -0.05) is 20.8 Å². The van der Waals surface area contributed by atoms with Gasteiger partial charge in [0.15, 0.2) is 0 Å². The molecule has 0 aromatic carbocycles. The number of carbonyl (C=O) groups is 2. The van der Waals surface area contributed by atoms with E-state index in [1.54, 1.807) is 15.5 Å². The SMILES string of the molecule is CC(C)(C)c1cc2n(CC(=O)Nc3ccc(F)cn3)c3c(c(=O)n2n1)CN(CC1CC1)C3=O. The summed E-state index contributed by atoms with van der Waals surface area (Å²) in [5.74, 6) is -0.545. The van der Waals surface area contributed by atoms with Gasteiger partial charge in [0, 0.05) is 18.0 Å². The van der Waals surface area contributed by atoms with Gasteiger partial charge in [0.05, 0.1) is 24.0 Å². The maximum absolute atomic E-state index is 13.3. The van der Waals surface area contributed by atoms with Gasteiger partial charge in [-0.25, -0.2) is 9.37 Å². The van der Waals surface area contributed by atoms with Crippen molar-refractivity contribution in [2.24, 2.45) is 5.92 Å². The van der Waals surface area contributed by atoms with Gasteiger partial charge in [-0.3, -0.25) is 14.4 Å². The third-order valence-electron chi connectivity index (χ3n) is 6.05. The van der Waals surface area contributed by atoms with Crippen LogP contribution in [-0.4, -0.2) is 42.4 Å². The van der Waals surface area contributed by atoms with Gasteiger partial charge in [-0.15, -0.1) is 0 Å². The van der Waals surface area contributed by atoms with E-state index in [1.165, 1.54) is 16.6 Å². The molecular formula is C23H25FN6O3. The van der Waals surface area contributed by atoms with E-state index in [0.29, 0.717) is 29.4 Å². The van der Waals surface area contributed by atoms with Crippen molar-refractivity contribution in [3.8, 4) is 0 Å². The fraction of sp³-hybridized carbons (Fsp3) is 0.435. The zero-order valence-electron chi connectivity index (χ0n) is 18.8. The van der Waals surface area contributed by atoms with Crippen LogP contribution in [-0.2, 0) is 23.3 Å². The smallest absolute Gasteiger partial charge is 0.280 e. The fourth-order valence-corrected chi connectivity index (χ4v) is 4.08. The van der Waals surface area contributed by atoms with Gasteiger partial charge in [0.1, 0.15) is 29.5 Å². The molecule has 1 saturated carbocycles. The molecule has 0 bridgehead atoms. The standard InChI is InChI=1S/C23H25FN6O3/c1-23(2,3)16-8-19-29(12-18(31)26-17-7-6-14(24)9-25-17)20-15(21(32)30(19)27-16)11-28(22(20)33)10-13-4-5-13/h6-9,13H,4-5,10-12H2,1-3H3,(H,25,26,31). The van der Waals surface area contributed by atoms with E-state index in [1.807, 2.05) is 20.8 Å². The van der Waals surface area contributed by atoms with Crippen molar-refractivity contribution in [3.63, 3.8) is 0 Å². The molecule has 3 aromatic heterocycles. The fourth-order valence-electron chi connectivity index (χ4n) is 4.08. The quantitative estimate of drug-likeness (QED) is 0.640. The number of aromatic nitrogens is 4. The number of halogens is 1. The van der Waals surface area contributed by atoms with Crippen LogP contribution >= 0.6 is 0 Å². The maximum Gasteiger partial charge on any atom is 0.280 e. The molecule has 1 N–H and O–H groups in total. The van der Waals surface area contributed by atoms with Crippen LogP contribution in [0.5, 0.6) is 0 Å². The Morgan fingerprint density at radius 3 is 2.64 bits per heavy atom. The molecule has 2 aliphatic rings. The molecule has 3 aromatic rings. The minimum absolute atomic E-state index is 0.195. The second kappa shape index (κ2) is 7.50. The summed E-state index contributed by atoms with van der Waals surface area (Å²) in [6.45, 7) is 6.54. The first-order valence-corrected chi connectivity index (χ1v) is 11.0. The summed E-state index contributed by atoms with van der Waals surface area (Å²) < 4.78 is 16.0. The first-order chi connectivity index (χ1) is 15.6. The first-order valence-electron chi connectivity index (χ1n) is 11.0. The Bertz CT molecular complexity index is 1330. The molecule has 1 fully saturated rings. The van der Waals surface area contributed by atoms with Crippen LogP contribution in [0.4, 0.5) is 10.2 Å². The summed E-state index contributed by atoms with van der Waals surface area (Å²) in [6, 6.07) is 4.31. The highest BCUT2D eigenvalue weighted by Crippen LogP contribution is 2.33. The molecule has 172 valence electrons. The Hall–Kier alpha value is -3.56. The summed E-state index contributed by atoms with van der Waals surface area (Å²) in [7, 11) is 0. The van der Waals surface area contributed by atoms with Crippen LogP contribution in [0.25, 0.3) is 5.65 Å². The van der Waals surface area contributed by atoms with Gasteiger partial charge in [0.25, 0.3) is 11.5 Å². The van der Waals surface area contributed by atoms with E-state index in [4.69, 9.17) is 0 Å². The molecule has 1 aliphatic carbocycles. The van der Waals surface area contributed by atoms with Crippen LogP contribution in [0.2, 0.25) is 0 Å². The normalized spacial score (nSPS) is 15.9. The lowest BCUT2D eigenvalue weighted by atomic mass is 9.93. The predicted molar refractivity (Wildman–Crippen MR) is 118 cm³/mol. The van der Waals surface area contributed by atoms with Crippen molar-refractivity contribution >= 4 is 23.3 Å². The number of nitrogens with zero attached hydrogens (tertiary/aromatic N) is 5. The number of anilines is 1. The molecule has 0 unspecified atom stereocenters. The van der Waals surface area contributed by atoms with E-state index >= 15 is 0 Å². The van der Waals surface area contributed by atoms with E-state index in [-0.39, 0.29) is 41.5 Å². The van der Waals surface area contributed by atoms with Crippen LogP contribution in [0.1, 0.15) is 55.4 Å². The Balaban J connectivity index is 1.58. The Morgan fingerprint density at radius 2 is 2.00 bits per heavy atom. The van der Waals surface area contributed by atoms with Crippen molar-refractivity contribution in [1.82, 2.24) is 24.1 Å². The maximum atomic E-state index is 13.3. The predicted octanol–water partition coefficient (Wildman–Crippen LogP) is 2.33. The molecule has 0 saturated heterocycles. The minimum Gasteiger partial charge on any atom is -0.332 e. The molecule has 9 nitrogen and oxygen atoms in total. The third kappa shape index (κ3) is 3.90. The number of nitrogens with one attached hydrogen (secondary N) is 1. The molecule has 0 radical (unpaired) electrons. The van der Waals surface area contributed by atoms with Crippen molar-refractivity contribution in [1.29, 1.82) is 0 Å². The van der Waals surface area contributed by atoms with Crippen molar-refractivity contribution < 1.29 is 14.0 Å². The first kappa shape index (κ1) is 21.3. The lowest BCUT2D eigenvalue weighted by Crippen LogP contribution is -2.30. The minimum atomic E-state index is -0.511. The highest BCUT2D eigenvalue weighted by Gasteiger charge is 2.38. The largest absolute Gasteiger partial charge is 0.332 e. The third-order valence-corrected chi connectivity index (χ3v) is 6.05. The molecule has 2 amide bonds. The summed E-state index contributed by atoms with van der Waals surface area (Å²) in [4.78, 5) is 45.0. The summed E-state index contributed by atoms with van der Waals surface area (Å²) >= 11 is 0. The summed E-state index contributed by atoms with van der Waals surface area (Å²) in [6.07, 6.45) is 3.17. The van der Waals surface area contributed by atoms with Crippen LogP contribution in [0.3, 0.4) is 0 Å². The number of amides is 2. The number of hydrogen-bond acceptors (Lipinski definition) is 5. The highest BCUT2D eigenvalue weighted by atomic mass is 19.1. The van der Waals surface area contributed by atoms with Crippen LogP contribution in [0.15, 0.2) is 29.2 Å². The van der Waals surface area contributed by atoms with E-state index < -0.39 is 11.7 Å². The average Bonchev–Trinajstić information content (AvgIpc) is 3.33. The van der Waals surface area contributed by atoms with Gasteiger partial charge < -0.3 is 14.8 Å². The average molecular weight is 452 g/mol. The molecule has 0 atom stereocenters. The second-order valence-corrected chi connectivity index (χ2v) is 9.81. The zero-order chi connectivity index (χ0) is 23.5. The van der Waals surface area contributed by atoms with Gasteiger partial charge >= 0.3 is 0 Å². The number of hydrogen-bond donors (Lipinski definition) is 1. The summed E-state index contributed by atoms with van der Waals surface area (Å²) in [5, 5.41) is 7.14. The van der Waals surface area contributed by atoms with E-state index in [0.717, 1.165) is 19.0 Å². The number of pyridine rings is 1. The monoisotopic (exact) mass is 452 g/mol. The molecule has 5 rings (SSSR count). The number of fused-ring (bicyclic) bond motifs is 2. The highest BCUT2D eigenvalue weighted by molar-refractivity contribution is 5.98. The topological polar surface area (TPSA) is 102 Å². The van der Waals surface area contributed by atoms with E-state index in [2.05, 4.69) is 15.4 Å². The molecule has 33 heavy (non-hydrogen) atoms. The van der Waals surface area contributed by atoms with Crippen LogP contribution < -0.4 is 10.9 Å². The molecule has 0 spiro atoms. The molecule has 10 heteroatoms. The Labute approximate surface area is 189 Å². The van der Waals surface area contributed by atoms with Crippen molar-refractivity contribution in [2.45, 2.75) is 52.1 Å². The Morgan fingerprint density at radius 1 is 1.24 bits per heavy atom. The van der Waals surface area contributed by atoms with Gasteiger partial charge in [-0.05, 0) is 30.9 Å². The lowest BCUT2D eigenvalue weighted by molar-refractivity contribution is -0.116.